The zero-order chi connectivity index (χ0) is 17.9. The Kier molecular flexibility index (Phi) is 5.51. The molecule has 0 saturated carbocycles. The molecule has 1 aromatic carbocycles. The van der Waals surface area contributed by atoms with Gasteiger partial charge < -0.3 is 4.90 Å². The van der Waals surface area contributed by atoms with Crippen LogP contribution in [0.4, 0.5) is 0 Å². The zero-order valence-electron chi connectivity index (χ0n) is 13.8. The summed E-state index contributed by atoms with van der Waals surface area (Å²) in [7, 11) is -0.312. The smallest absolute Gasteiger partial charge is 0.284 e. The van der Waals surface area contributed by atoms with Crippen molar-refractivity contribution in [1.29, 1.82) is 0 Å². The van der Waals surface area contributed by atoms with Crippen molar-refractivity contribution in [3.8, 4) is 0 Å². The van der Waals surface area contributed by atoms with Gasteiger partial charge in [-0.15, -0.1) is 11.0 Å². The average Bonchev–Trinajstić information content (AvgIpc) is 2.75. The van der Waals surface area contributed by atoms with E-state index in [0.29, 0.717) is 4.91 Å². The molecule has 0 spiro atoms. The summed E-state index contributed by atoms with van der Waals surface area (Å²) >= 11 is 1.04. The van der Waals surface area contributed by atoms with Gasteiger partial charge in [0.05, 0.1) is 9.80 Å². The molecule has 0 atom stereocenters. The van der Waals surface area contributed by atoms with Crippen molar-refractivity contribution in [2.24, 2.45) is 4.40 Å². The quantitative estimate of drug-likeness (QED) is 0.591. The summed E-state index contributed by atoms with van der Waals surface area (Å²) in [5, 5.41) is 0.133. The molecule has 8 heteroatoms. The summed E-state index contributed by atoms with van der Waals surface area (Å²) in [6.07, 6.45) is 3.18. The standard InChI is InChI=1S/C16H19N3O3S2/c1-5-10-19-15(20)14(11-18(3)4)23-16(19)17-24(21,22)13-8-6-12(2)7-9-13/h5-9,11H,1,10H2,2-4H3/b14-11+,17-16?. The van der Waals surface area contributed by atoms with Crippen molar-refractivity contribution in [3.63, 3.8) is 0 Å². The van der Waals surface area contributed by atoms with E-state index in [0.717, 1.165) is 17.3 Å². The molecule has 1 aromatic rings. The van der Waals surface area contributed by atoms with Crippen molar-refractivity contribution in [2.45, 2.75) is 11.8 Å². The van der Waals surface area contributed by atoms with E-state index in [1.165, 1.54) is 23.1 Å². The first-order valence-corrected chi connectivity index (χ1v) is 9.41. The lowest BCUT2D eigenvalue weighted by atomic mass is 10.2. The molecular weight excluding hydrogens is 346 g/mol. The zero-order valence-corrected chi connectivity index (χ0v) is 15.4. The highest BCUT2D eigenvalue weighted by atomic mass is 32.2. The SMILES string of the molecule is C=CCN1C(=O)/C(=C\N(C)C)SC1=NS(=O)(=O)c1ccc(C)cc1. The number of carbonyl (C=O) groups excluding carboxylic acids is 1. The largest absolute Gasteiger partial charge is 0.382 e. The van der Waals surface area contributed by atoms with E-state index >= 15 is 0 Å². The minimum atomic E-state index is -3.89. The molecule has 2 rings (SSSR count). The first kappa shape index (κ1) is 18.3. The van der Waals surface area contributed by atoms with Crippen LogP contribution in [0.15, 0.2) is 57.3 Å². The second-order valence-corrected chi connectivity index (χ2v) is 8.04. The molecule has 6 nitrogen and oxygen atoms in total. The number of hydrogen-bond donors (Lipinski definition) is 0. The minimum Gasteiger partial charge on any atom is -0.382 e. The van der Waals surface area contributed by atoms with Gasteiger partial charge >= 0.3 is 0 Å². The number of amidine groups is 1. The number of aryl methyl sites for hydroxylation is 1. The molecule has 128 valence electrons. The fourth-order valence-corrected chi connectivity index (χ4v) is 4.22. The van der Waals surface area contributed by atoms with Gasteiger partial charge in [-0.3, -0.25) is 9.69 Å². The first-order chi connectivity index (χ1) is 11.2. The van der Waals surface area contributed by atoms with E-state index in [-0.39, 0.29) is 22.5 Å². The van der Waals surface area contributed by atoms with Crippen LogP contribution in [0.25, 0.3) is 0 Å². The molecule has 1 heterocycles. The monoisotopic (exact) mass is 365 g/mol. The third-order valence-corrected chi connectivity index (χ3v) is 5.48. The third kappa shape index (κ3) is 4.07. The molecule has 1 fully saturated rings. The molecule has 0 N–H and O–H groups in total. The van der Waals surface area contributed by atoms with Crippen molar-refractivity contribution in [3.05, 3.63) is 53.6 Å². The maximum atomic E-state index is 12.5. The van der Waals surface area contributed by atoms with Crippen molar-refractivity contribution in [2.75, 3.05) is 20.6 Å². The maximum Gasteiger partial charge on any atom is 0.284 e. The van der Waals surface area contributed by atoms with Gasteiger partial charge in [0.25, 0.3) is 15.9 Å². The number of thioether (sulfide) groups is 1. The summed E-state index contributed by atoms with van der Waals surface area (Å²) < 4.78 is 28.8. The van der Waals surface area contributed by atoms with Crippen LogP contribution in [0.1, 0.15) is 5.56 Å². The van der Waals surface area contributed by atoms with Gasteiger partial charge in [-0.1, -0.05) is 23.8 Å². The second-order valence-electron chi connectivity index (χ2n) is 5.43. The predicted molar refractivity (Wildman–Crippen MR) is 97.1 cm³/mol. The lowest BCUT2D eigenvalue weighted by Gasteiger charge is -2.12. The van der Waals surface area contributed by atoms with Gasteiger partial charge in [0.2, 0.25) is 0 Å². The van der Waals surface area contributed by atoms with E-state index in [2.05, 4.69) is 11.0 Å². The Labute approximate surface area is 146 Å². The van der Waals surface area contributed by atoms with Crippen LogP contribution in [0.5, 0.6) is 0 Å². The summed E-state index contributed by atoms with van der Waals surface area (Å²) in [5.41, 5.74) is 0.955. The number of sulfonamides is 1. The van der Waals surface area contributed by atoms with Gasteiger partial charge in [0, 0.05) is 26.8 Å². The number of hydrogen-bond acceptors (Lipinski definition) is 5. The molecule has 0 radical (unpaired) electrons. The first-order valence-electron chi connectivity index (χ1n) is 7.15. The van der Waals surface area contributed by atoms with E-state index in [1.54, 1.807) is 37.3 Å². The lowest BCUT2D eigenvalue weighted by Crippen LogP contribution is -2.30. The summed E-state index contributed by atoms with van der Waals surface area (Å²) in [5.74, 6) is -0.286. The van der Waals surface area contributed by atoms with Gasteiger partial charge in [-0.25, -0.2) is 0 Å². The number of nitrogens with zero attached hydrogens (tertiary/aromatic N) is 3. The number of amides is 1. The Morgan fingerprint density at radius 2 is 1.92 bits per heavy atom. The number of rotatable bonds is 5. The molecule has 1 aliphatic heterocycles. The lowest BCUT2D eigenvalue weighted by molar-refractivity contribution is -0.121. The van der Waals surface area contributed by atoms with Crippen LogP contribution in [0.2, 0.25) is 0 Å². The van der Waals surface area contributed by atoms with E-state index in [4.69, 9.17) is 0 Å². The van der Waals surface area contributed by atoms with Gasteiger partial charge in [0.15, 0.2) is 5.17 Å². The highest BCUT2D eigenvalue weighted by molar-refractivity contribution is 8.19. The van der Waals surface area contributed by atoms with Gasteiger partial charge in [-0.2, -0.15) is 8.42 Å². The van der Waals surface area contributed by atoms with E-state index < -0.39 is 10.0 Å². The van der Waals surface area contributed by atoms with Crippen molar-refractivity contribution >= 4 is 32.9 Å². The third-order valence-electron chi connectivity index (χ3n) is 3.09. The van der Waals surface area contributed by atoms with E-state index in [1.807, 2.05) is 6.92 Å². The van der Waals surface area contributed by atoms with Crippen LogP contribution in [0.3, 0.4) is 0 Å². The minimum absolute atomic E-state index is 0.0947. The van der Waals surface area contributed by atoms with E-state index in [9.17, 15) is 13.2 Å². The highest BCUT2D eigenvalue weighted by Crippen LogP contribution is 2.32. The number of carbonyl (C=O) groups is 1. The fourth-order valence-electron chi connectivity index (χ4n) is 1.96. The van der Waals surface area contributed by atoms with Crippen LogP contribution >= 0.6 is 11.8 Å². The Hall–Kier alpha value is -2.06. The topological polar surface area (TPSA) is 70.1 Å². The van der Waals surface area contributed by atoms with Crippen LogP contribution in [-0.4, -0.2) is 49.9 Å². The van der Waals surface area contributed by atoms with Crippen LogP contribution in [0, 0.1) is 6.92 Å². The summed E-state index contributed by atoms with van der Waals surface area (Å²) in [6.45, 7) is 5.67. The normalized spacial score (nSPS) is 18.5. The van der Waals surface area contributed by atoms with Crippen molar-refractivity contribution in [1.82, 2.24) is 9.80 Å². The number of benzene rings is 1. The molecule has 24 heavy (non-hydrogen) atoms. The molecule has 1 amide bonds. The average molecular weight is 365 g/mol. The molecule has 1 saturated heterocycles. The molecule has 0 aliphatic carbocycles. The van der Waals surface area contributed by atoms with Crippen LogP contribution < -0.4 is 0 Å². The Morgan fingerprint density at radius 1 is 1.29 bits per heavy atom. The summed E-state index contributed by atoms with van der Waals surface area (Å²) in [4.78, 5) is 15.9. The Bertz CT molecular complexity index is 809. The molecule has 0 aromatic heterocycles. The van der Waals surface area contributed by atoms with Crippen LogP contribution in [-0.2, 0) is 14.8 Å². The molecule has 0 unspecified atom stereocenters. The molecule has 0 bridgehead atoms. The Morgan fingerprint density at radius 3 is 2.46 bits per heavy atom. The highest BCUT2D eigenvalue weighted by Gasteiger charge is 2.34. The fraction of sp³-hybridized carbons (Fsp3) is 0.250. The maximum absolute atomic E-state index is 12.5. The Balaban J connectivity index is 2.43. The molecular formula is C16H19N3O3S2. The second kappa shape index (κ2) is 7.23. The van der Waals surface area contributed by atoms with Gasteiger partial charge in [0.1, 0.15) is 0 Å². The molecule has 1 aliphatic rings. The van der Waals surface area contributed by atoms with Gasteiger partial charge in [-0.05, 0) is 30.8 Å². The summed E-state index contributed by atoms with van der Waals surface area (Å²) in [6, 6.07) is 6.42. The van der Waals surface area contributed by atoms with Crippen molar-refractivity contribution < 1.29 is 13.2 Å². The predicted octanol–water partition coefficient (Wildman–Crippen LogP) is 2.20.